The minimum Gasteiger partial charge on any atom is -0.369 e. The van der Waals surface area contributed by atoms with Gasteiger partial charge in [0.25, 0.3) is 0 Å². The van der Waals surface area contributed by atoms with E-state index < -0.39 is 0 Å². The second kappa shape index (κ2) is 3.54. The molecule has 3 heteroatoms. The Hall–Kier alpha value is -1.77. The second-order valence-electron chi connectivity index (χ2n) is 3.14. The molecule has 2 N–H and O–H groups in total. The van der Waals surface area contributed by atoms with Gasteiger partial charge in [0.1, 0.15) is 0 Å². The Morgan fingerprint density at radius 2 is 2.21 bits per heavy atom. The third-order valence-electron chi connectivity index (χ3n) is 2.21. The van der Waals surface area contributed by atoms with E-state index in [-0.39, 0.29) is 0 Å². The second-order valence-corrected chi connectivity index (χ2v) is 3.14. The number of allylic oxidation sites excluding steroid dienone is 2. The van der Waals surface area contributed by atoms with E-state index in [2.05, 4.69) is 11.1 Å². The molecule has 0 aliphatic carbocycles. The molecule has 3 nitrogen and oxygen atoms in total. The quantitative estimate of drug-likeness (QED) is 0.732. The number of nitrogens with zero attached hydrogens (tertiary/aromatic N) is 2. The van der Waals surface area contributed by atoms with Gasteiger partial charge >= 0.3 is 0 Å². The zero-order valence-electron chi connectivity index (χ0n) is 8.14. The van der Waals surface area contributed by atoms with Gasteiger partial charge in [0.15, 0.2) is 0 Å². The van der Waals surface area contributed by atoms with Gasteiger partial charge in [-0.1, -0.05) is 24.3 Å². The summed E-state index contributed by atoms with van der Waals surface area (Å²) in [5.74, 6) is 0.573. The predicted molar refractivity (Wildman–Crippen MR) is 59.0 cm³/mol. The Morgan fingerprint density at radius 3 is 3.00 bits per heavy atom. The van der Waals surface area contributed by atoms with Crippen LogP contribution in [0.5, 0.6) is 0 Å². The van der Waals surface area contributed by atoms with E-state index in [1.54, 1.807) is 0 Å². The Balaban J connectivity index is 2.56. The Labute approximate surface area is 82.9 Å². The van der Waals surface area contributed by atoms with Gasteiger partial charge in [0.2, 0.25) is 5.95 Å². The highest BCUT2D eigenvalue weighted by Gasteiger charge is 2.04. The maximum atomic E-state index is 5.81. The van der Waals surface area contributed by atoms with Crippen molar-refractivity contribution in [3.63, 3.8) is 0 Å². The van der Waals surface area contributed by atoms with Crippen LogP contribution in [0, 0.1) is 0 Å². The van der Waals surface area contributed by atoms with E-state index in [1.165, 1.54) is 0 Å². The molecule has 2 rings (SSSR count). The molecule has 0 saturated heterocycles. The molecule has 0 aliphatic rings. The number of nitrogens with two attached hydrogens (primary N) is 1. The van der Waals surface area contributed by atoms with Crippen LogP contribution >= 0.6 is 0 Å². The van der Waals surface area contributed by atoms with Gasteiger partial charge in [0.05, 0.1) is 11.0 Å². The number of anilines is 1. The topological polar surface area (TPSA) is 43.8 Å². The molecule has 1 aromatic carbocycles. The van der Waals surface area contributed by atoms with E-state index in [0.29, 0.717) is 5.95 Å². The summed E-state index contributed by atoms with van der Waals surface area (Å²) in [4.78, 5) is 4.27. The largest absolute Gasteiger partial charge is 0.369 e. The van der Waals surface area contributed by atoms with Gasteiger partial charge in [-0.25, -0.2) is 4.98 Å². The smallest absolute Gasteiger partial charge is 0.201 e. The maximum Gasteiger partial charge on any atom is 0.201 e. The van der Waals surface area contributed by atoms with E-state index in [1.807, 2.05) is 41.8 Å². The van der Waals surface area contributed by atoms with E-state index >= 15 is 0 Å². The number of benzene rings is 1. The predicted octanol–water partition coefficient (Wildman–Crippen LogP) is 2.19. The third-order valence-corrected chi connectivity index (χ3v) is 2.21. The molecule has 0 radical (unpaired) electrons. The number of nitrogen functional groups attached to an aromatic ring is 1. The summed E-state index contributed by atoms with van der Waals surface area (Å²) in [6.45, 7) is 2.78. The average molecular weight is 187 g/mol. The molecular weight excluding hydrogens is 174 g/mol. The minimum absolute atomic E-state index is 0.573. The van der Waals surface area contributed by atoms with Crippen molar-refractivity contribution in [2.75, 3.05) is 5.73 Å². The first kappa shape index (κ1) is 8.81. The highest BCUT2D eigenvalue weighted by atomic mass is 15.1. The monoisotopic (exact) mass is 187 g/mol. The first-order chi connectivity index (χ1) is 6.83. The third kappa shape index (κ3) is 1.37. The van der Waals surface area contributed by atoms with Crippen LogP contribution in [-0.2, 0) is 6.54 Å². The summed E-state index contributed by atoms with van der Waals surface area (Å²) in [5, 5.41) is 0. The van der Waals surface area contributed by atoms with Gasteiger partial charge in [-0.2, -0.15) is 0 Å². The van der Waals surface area contributed by atoms with Crippen molar-refractivity contribution in [1.29, 1.82) is 0 Å². The van der Waals surface area contributed by atoms with Crippen molar-refractivity contribution in [2.45, 2.75) is 13.5 Å². The molecule has 0 bridgehead atoms. The molecule has 0 aliphatic heterocycles. The fourth-order valence-electron chi connectivity index (χ4n) is 1.50. The van der Waals surface area contributed by atoms with Crippen molar-refractivity contribution >= 4 is 17.0 Å². The summed E-state index contributed by atoms with van der Waals surface area (Å²) in [7, 11) is 0. The number of fused-ring (bicyclic) bond motifs is 1. The van der Waals surface area contributed by atoms with Crippen LogP contribution in [0.1, 0.15) is 6.92 Å². The van der Waals surface area contributed by atoms with Crippen LogP contribution in [0.25, 0.3) is 11.0 Å². The molecule has 14 heavy (non-hydrogen) atoms. The van der Waals surface area contributed by atoms with Crippen molar-refractivity contribution in [3.8, 4) is 0 Å². The SMILES string of the molecule is CC=CCn1c(N)nc2ccccc21. The average Bonchev–Trinajstić information content (AvgIpc) is 2.51. The highest BCUT2D eigenvalue weighted by molar-refractivity contribution is 5.78. The zero-order chi connectivity index (χ0) is 9.97. The Kier molecular flexibility index (Phi) is 2.23. The van der Waals surface area contributed by atoms with Crippen LogP contribution < -0.4 is 5.73 Å². The summed E-state index contributed by atoms with van der Waals surface area (Å²) < 4.78 is 2.00. The molecule has 1 heterocycles. The molecule has 2 aromatic rings. The first-order valence-corrected chi connectivity index (χ1v) is 4.65. The minimum atomic E-state index is 0.573. The molecule has 0 amide bonds. The lowest BCUT2D eigenvalue weighted by Crippen LogP contribution is -2.01. The van der Waals surface area contributed by atoms with Gasteiger partial charge in [-0.3, -0.25) is 0 Å². The number of imidazole rings is 1. The Bertz CT molecular complexity index is 468. The van der Waals surface area contributed by atoms with Gasteiger partial charge in [-0.15, -0.1) is 0 Å². The molecule has 0 saturated carbocycles. The molecule has 0 spiro atoms. The van der Waals surface area contributed by atoms with Crippen molar-refractivity contribution < 1.29 is 0 Å². The summed E-state index contributed by atoms with van der Waals surface area (Å²) in [6.07, 6.45) is 4.07. The lowest BCUT2D eigenvalue weighted by atomic mass is 10.3. The molecule has 72 valence electrons. The van der Waals surface area contributed by atoms with Crippen LogP contribution in [0.15, 0.2) is 36.4 Å². The van der Waals surface area contributed by atoms with Crippen LogP contribution in [0.2, 0.25) is 0 Å². The highest BCUT2D eigenvalue weighted by Crippen LogP contribution is 2.16. The van der Waals surface area contributed by atoms with Crippen LogP contribution in [0.4, 0.5) is 5.95 Å². The van der Waals surface area contributed by atoms with Crippen LogP contribution in [-0.4, -0.2) is 9.55 Å². The number of hydrogen-bond donors (Lipinski definition) is 1. The van der Waals surface area contributed by atoms with Gasteiger partial charge in [-0.05, 0) is 19.1 Å². The van der Waals surface area contributed by atoms with E-state index in [0.717, 1.165) is 17.6 Å². The fourth-order valence-corrected chi connectivity index (χ4v) is 1.50. The first-order valence-electron chi connectivity index (χ1n) is 4.65. The number of para-hydroxylation sites is 2. The Morgan fingerprint density at radius 1 is 1.43 bits per heavy atom. The van der Waals surface area contributed by atoms with Gasteiger partial charge < -0.3 is 10.3 Å². The number of aromatic nitrogens is 2. The molecule has 0 fully saturated rings. The zero-order valence-corrected chi connectivity index (χ0v) is 8.14. The van der Waals surface area contributed by atoms with Gasteiger partial charge in [0, 0.05) is 6.54 Å². The fraction of sp³-hybridized carbons (Fsp3) is 0.182. The standard InChI is InChI=1S/C11H13N3/c1-2-3-8-14-10-7-5-4-6-9(10)13-11(14)12/h2-7H,8H2,1H3,(H2,12,13). The molecule has 0 unspecified atom stereocenters. The lowest BCUT2D eigenvalue weighted by Gasteiger charge is -2.01. The summed E-state index contributed by atoms with van der Waals surface area (Å²) in [6, 6.07) is 7.96. The van der Waals surface area contributed by atoms with Crippen LogP contribution in [0.3, 0.4) is 0 Å². The molecular formula is C11H13N3. The number of hydrogen-bond acceptors (Lipinski definition) is 2. The number of rotatable bonds is 2. The normalized spacial score (nSPS) is 11.5. The maximum absolute atomic E-state index is 5.81. The summed E-state index contributed by atoms with van der Waals surface area (Å²) >= 11 is 0. The van der Waals surface area contributed by atoms with Crippen molar-refractivity contribution in [2.24, 2.45) is 0 Å². The lowest BCUT2D eigenvalue weighted by molar-refractivity contribution is 0.863. The van der Waals surface area contributed by atoms with E-state index in [4.69, 9.17) is 5.73 Å². The molecule has 1 aromatic heterocycles. The summed E-state index contributed by atoms with van der Waals surface area (Å²) in [5.41, 5.74) is 7.85. The van der Waals surface area contributed by atoms with Crippen molar-refractivity contribution in [3.05, 3.63) is 36.4 Å². The van der Waals surface area contributed by atoms with Crippen molar-refractivity contribution in [1.82, 2.24) is 9.55 Å². The molecule has 0 atom stereocenters. The van der Waals surface area contributed by atoms with E-state index in [9.17, 15) is 0 Å².